The molecule has 13 heavy (non-hydrogen) atoms. The van der Waals surface area contributed by atoms with Crippen molar-refractivity contribution in [3.8, 4) is 0 Å². The van der Waals surface area contributed by atoms with E-state index in [2.05, 4.69) is 46.5 Å². The van der Waals surface area contributed by atoms with Gasteiger partial charge in [-0.1, -0.05) is 22.0 Å². The van der Waals surface area contributed by atoms with Crippen LogP contribution in [0.5, 0.6) is 0 Å². The molecule has 1 aromatic carbocycles. The van der Waals surface area contributed by atoms with Gasteiger partial charge >= 0.3 is 0 Å². The van der Waals surface area contributed by atoms with Crippen molar-refractivity contribution in [1.82, 2.24) is 0 Å². The number of hydrogen-bond donors (Lipinski definition) is 0. The van der Waals surface area contributed by atoms with Crippen LogP contribution in [0.4, 0.5) is 0 Å². The highest BCUT2D eigenvalue weighted by atomic mass is 79.9. The molecule has 68 valence electrons. The number of hydrogen-bond acceptors (Lipinski definition) is 2. The number of thioether (sulfide) groups is 1. The topological polar surface area (TPSA) is 0 Å². The van der Waals surface area contributed by atoms with Gasteiger partial charge in [-0.05, 0) is 29.8 Å². The highest BCUT2D eigenvalue weighted by Crippen LogP contribution is 2.29. The van der Waals surface area contributed by atoms with Gasteiger partial charge in [0.15, 0.2) is 0 Å². The van der Waals surface area contributed by atoms with Crippen molar-refractivity contribution < 1.29 is 0 Å². The molecule has 0 fully saturated rings. The smallest absolute Gasteiger partial charge is 0.0357 e. The standard InChI is InChI=1S/C10H9BrS2/c1-12-6-9-4-7-2-3-8(11)5-10(7)13-9/h2-5H,6H2,1H3. The summed E-state index contributed by atoms with van der Waals surface area (Å²) >= 11 is 7.24. The zero-order valence-corrected chi connectivity index (χ0v) is 10.4. The summed E-state index contributed by atoms with van der Waals surface area (Å²) in [5, 5.41) is 1.36. The van der Waals surface area contributed by atoms with E-state index in [9.17, 15) is 0 Å². The fourth-order valence-electron chi connectivity index (χ4n) is 1.27. The maximum absolute atomic E-state index is 3.48. The molecule has 0 aliphatic rings. The Morgan fingerprint density at radius 2 is 2.23 bits per heavy atom. The molecule has 0 saturated heterocycles. The third-order valence-electron chi connectivity index (χ3n) is 1.82. The average molecular weight is 273 g/mol. The van der Waals surface area contributed by atoms with Crippen molar-refractivity contribution in [2.75, 3.05) is 6.26 Å². The molecule has 1 heterocycles. The molecule has 0 atom stereocenters. The summed E-state index contributed by atoms with van der Waals surface area (Å²) in [5.74, 6) is 1.12. The lowest BCUT2D eigenvalue weighted by Crippen LogP contribution is -1.66. The van der Waals surface area contributed by atoms with Crippen LogP contribution in [-0.4, -0.2) is 6.26 Å². The lowest BCUT2D eigenvalue weighted by molar-refractivity contribution is 1.56. The molecule has 0 amide bonds. The van der Waals surface area contributed by atoms with Gasteiger partial charge < -0.3 is 0 Å². The first kappa shape index (κ1) is 9.56. The largest absolute Gasteiger partial charge is 0.160 e. The summed E-state index contributed by atoms with van der Waals surface area (Å²) in [5.41, 5.74) is 0. The molecule has 2 aromatic rings. The van der Waals surface area contributed by atoms with Gasteiger partial charge in [0.05, 0.1) is 0 Å². The summed E-state index contributed by atoms with van der Waals surface area (Å²) in [6.07, 6.45) is 2.14. The fraction of sp³-hybridized carbons (Fsp3) is 0.200. The Kier molecular flexibility index (Phi) is 2.96. The Balaban J connectivity index is 2.49. The van der Waals surface area contributed by atoms with E-state index in [1.165, 1.54) is 15.0 Å². The number of rotatable bonds is 2. The van der Waals surface area contributed by atoms with Crippen molar-refractivity contribution in [2.45, 2.75) is 5.75 Å². The van der Waals surface area contributed by atoms with Gasteiger partial charge in [0.25, 0.3) is 0 Å². The van der Waals surface area contributed by atoms with Crippen LogP contribution in [0.2, 0.25) is 0 Å². The number of fused-ring (bicyclic) bond motifs is 1. The molecule has 0 bridgehead atoms. The summed E-state index contributed by atoms with van der Waals surface area (Å²) in [4.78, 5) is 1.46. The monoisotopic (exact) mass is 272 g/mol. The van der Waals surface area contributed by atoms with Crippen molar-refractivity contribution in [3.63, 3.8) is 0 Å². The zero-order valence-electron chi connectivity index (χ0n) is 7.21. The van der Waals surface area contributed by atoms with Crippen LogP contribution >= 0.6 is 39.0 Å². The highest BCUT2D eigenvalue weighted by Gasteiger charge is 2.00. The third kappa shape index (κ3) is 2.09. The van der Waals surface area contributed by atoms with Gasteiger partial charge in [0.1, 0.15) is 0 Å². The third-order valence-corrected chi connectivity index (χ3v) is 4.19. The second-order valence-electron chi connectivity index (χ2n) is 2.83. The zero-order chi connectivity index (χ0) is 9.26. The van der Waals surface area contributed by atoms with Gasteiger partial charge in [-0.2, -0.15) is 11.8 Å². The predicted octanol–water partition coefficient (Wildman–Crippen LogP) is 4.53. The molecule has 0 saturated carbocycles. The second-order valence-corrected chi connectivity index (χ2v) is 5.78. The van der Waals surface area contributed by atoms with Crippen LogP contribution < -0.4 is 0 Å². The van der Waals surface area contributed by atoms with E-state index in [0.717, 1.165) is 10.2 Å². The molecule has 0 unspecified atom stereocenters. The van der Waals surface area contributed by atoms with Crippen LogP contribution in [0.15, 0.2) is 28.7 Å². The molecule has 2 rings (SSSR count). The van der Waals surface area contributed by atoms with Gasteiger partial charge in [0.2, 0.25) is 0 Å². The molecule has 3 heteroatoms. The van der Waals surface area contributed by atoms with Crippen molar-refractivity contribution in [3.05, 3.63) is 33.6 Å². The van der Waals surface area contributed by atoms with Gasteiger partial charge in [-0.3, -0.25) is 0 Å². The van der Waals surface area contributed by atoms with Crippen LogP contribution in [0, 0.1) is 0 Å². The molecular formula is C10H9BrS2. The van der Waals surface area contributed by atoms with E-state index in [4.69, 9.17) is 0 Å². The van der Waals surface area contributed by atoms with Crippen LogP contribution in [-0.2, 0) is 5.75 Å². The summed E-state index contributed by atoms with van der Waals surface area (Å²) < 4.78 is 2.54. The number of halogens is 1. The summed E-state index contributed by atoms with van der Waals surface area (Å²) in [7, 11) is 0. The Morgan fingerprint density at radius 3 is 3.00 bits per heavy atom. The van der Waals surface area contributed by atoms with E-state index < -0.39 is 0 Å². The first-order chi connectivity index (χ1) is 6.29. The van der Waals surface area contributed by atoms with Crippen molar-refractivity contribution >= 4 is 49.1 Å². The van der Waals surface area contributed by atoms with Crippen molar-refractivity contribution in [2.24, 2.45) is 0 Å². The van der Waals surface area contributed by atoms with Gasteiger partial charge in [-0.15, -0.1) is 11.3 Å². The molecule has 0 aliphatic carbocycles. The molecule has 1 aromatic heterocycles. The maximum atomic E-state index is 3.48. The molecule has 0 radical (unpaired) electrons. The summed E-state index contributed by atoms with van der Waals surface area (Å²) in [6.45, 7) is 0. The SMILES string of the molecule is CSCc1cc2ccc(Br)cc2s1. The van der Waals surface area contributed by atoms with E-state index in [-0.39, 0.29) is 0 Å². The van der Waals surface area contributed by atoms with Crippen LogP contribution in [0.1, 0.15) is 4.88 Å². The van der Waals surface area contributed by atoms with E-state index in [1.54, 1.807) is 0 Å². The Morgan fingerprint density at radius 1 is 1.38 bits per heavy atom. The molecule has 0 nitrogen and oxygen atoms in total. The number of thiophene rings is 1. The van der Waals surface area contributed by atoms with E-state index in [1.807, 2.05) is 23.1 Å². The first-order valence-electron chi connectivity index (χ1n) is 3.96. The molecule has 0 N–H and O–H groups in total. The van der Waals surface area contributed by atoms with E-state index >= 15 is 0 Å². The fourth-order valence-corrected chi connectivity index (χ4v) is 3.64. The van der Waals surface area contributed by atoms with Crippen LogP contribution in [0.25, 0.3) is 10.1 Å². The molecule has 0 aliphatic heterocycles. The van der Waals surface area contributed by atoms with Crippen LogP contribution in [0.3, 0.4) is 0 Å². The minimum absolute atomic E-state index is 1.12. The number of benzene rings is 1. The quantitative estimate of drug-likeness (QED) is 0.774. The predicted molar refractivity (Wildman–Crippen MR) is 66.7 cm³/mol. The average Bonchev–Trinajstić information content (AvgIpc) is 2.46. The van der Waals surface area contributed by atoms with E-state index in [0.29, 0.717) is 0 Å². The Bertz CT molecular complexity index is 420. The maximum Gasteiger partial charge on any atom is 0.0357 e. The first-order valence-corrected chi connectivity index (χ1v) is 6.97. The van der Waals surface area contributed by atoms with Crippen molar-refractivity contribution in [1.29, 1.82) is 0 Å². The highest BCUT2D eigenvalue weighted by molar-refractivity contribution is 9.10. The second kappa shape index (κ2) is 4.03. The lowest BCUT2D eigenvalue weighted by atomic mass is 10.2. The lowest BCUT2D eigenvalue weighted by Gasteiger charge is -1.88. The molecule has 0 spiro atoms. The Hall–Kier alpha value is 0.01000. The summed E-state index contributed by atoms with van der Waals surface area (Å²) in [6, 6.07) is 8.73. The minimum Gasteiger partial charge on any atom is -0.160 e. The normalized spacial score (nSPS) is 10.9. The molecular weight excluding hydrogens is 264 g/mol. The van der Waals surface area contributed by atoms with Gasteiger partial charge in [0, 0.05) is 19.8 Å². The minimum atomic E-state index is 1.12. The Labute approximate surface area is 94.5 Å². The van der Waals surface area contributed by atoms with Gasteiger partial charge in [-0.25, -0.2) is 0 Å².